The van der Waals surface area contributed by atoms with Gasteiger partial charge in [-0.2, -0.15) is 0 Å². The number of phenols is 1. The number of amides is 1. The van der Waals surface area contributed by atoms with E-state index in [0.717, 1.165) is 0 Å². The van der Waals surface area contributed by atoms with Crippen LogP contribution in [0.4, 0.5) is 0 Å². The van der Waals surface area contributed by atoms with Crippen molar-refractivity contribution in [2.75, 3.05) is 20.8 Å². The fraction of sp³-hybridized carbons (Fsp3) is 0.609. The van der Waals surface area contributed by atoms with Crippen molar-refractivity contribution < 1.29 is 59.5 Å². The van der Waals surface area contributed by atoms with E-state index >= 15 is 0 Å². The van der Waals surface area contributed by atoms with Crippen molar-refractivity contribution in [3.8, 4) is 11.5 Å². The van der Waals surface area contributed by atoms with Gasteiger partial charge in [-0.25, -0.2) is 0 Å². The van der Waals surface area contributed by atoms with Crippen molar-refractivity contribution in [1.29, 1.82) is 0 Å². The van der Waals surface area contributed by atoms with Crippen molar-refractivity contribution in [1.82, 2.24) is 5.32 Å². The lowest BCUT2D eigenvalue weighted by atomic mass is 9.83. The van der Waals surface area contributed by atoms with Gasteiger partial charge in [0.05, 0.1) is 12.6 Å². The first kappa shape index (κ1) is 28.2. The minimum Gasteiger partial charge on any atom is -0.504 e. The molecule has 0 bridgehead atoms. The highest BCUT2D eigenvalue weighted by molar-refractivity contribution is 5.97. The molecule has 2 aliphatic rings. The third-order valence-electron chi connectivity index (χ3n) is 6.30. The second kappa shape index (κ2) is 11.8. The number of ether oxygens (including phenoxy) is 4. The number of aliphatic hydroxyl groups is 6. The zero-order valence-corrected chi connectivity index (χ0v) is 20.0. The molecule has 36 heavy (non-hydrogen) atoms. The molecule has 1 heterocycles. The maximum Gasteiger partial charge on any atom is 0.247 e. The lowest BCUT2D eigenvalue weighted by Gasteiger charge is -2.43. The Kier molecular flexibility index (Phi) is 9.27. The quantitative estimate of drug-likeness (QED) is 0.166. The Labute approximate surface area is 207 Å². The number of benzene rings is 1. The molecule has 202 valence electrons. The molecule has 13 nitrogen and oxygen atoms in total. The summed E-state index contributed by atoms with van der Waals surface area (Å²) in [6.07, 6.45) is -10.7. The molecule has 2 unspecified atom stereocenters. The number of hydrogen-bond donors (Lipinski definition) is 8. The van der Waals surface area contributed by atoms with Gasteiger partial charge in [0.1, 0.15) is 48.8 Å². The van der Waals surface area contributed by atoms with E-state index in [2.05, 4.69) is 5.32 Å². The van der Waals surface area contributed by atoms with Crippen molar-refractivity contribution in [2.24, 2.45) is 0 Å². The summed E-state index contributed by atoms with van der Waals surface area (Å²) in [5.41, 5.74) is 0.516. The molecule has 0 spiro atoms. The normalized spacial score (nSPS) is 37.1. The number of carbonyl (C=O) groups excluding carboxylic acids is 1. The summed E-state index contributed by atoms with van der Waals surface area (Å²) in [4.78, 5) is 12.6. The van der Waals surface area contributed by atoms with Gasteiger partial charge in [0.2, 0.25) is 12.2 Å². The molecule has 1 aromatic carbocycles. The van der Waals surface area contributed by atoms with E-state index in [1.165, 1.54) is 45.4 Å². The molecule has 3 rings (SSSR count). The summed E-state index contributed by atoms with van der Waals surface area (Å²) in [5.74, 6) is -1.06. The van der Waals surface area contributed by atoms with E-state index in [1.54, 1.807) is 0 Å². The standard InChI is InChI=1S/C23H33NO12/c1-9(22(32)24-14-16(27)18(29)21(34-3)19(30)17(14)28)6-10-4-5-12(11(25)7-10)35-23-20(31)15(26)13(36-23)8-33-2/h4-7,13-21,23,25-31H,8H2,1-3H3,(H,24,32)/b9-6+/t13-,14?,15-,16-,17+,18+,19-,20+,21?,23-/m1/s1. The predicted octanol–water partition coefficient (Wildman–Crippen LogP) is -2.78. The Morgan fingerprint density at radius 1 is 1.00 bits per heavy atom. The van der Waals surface area contributed by atoms with Crippen molar-refractivity contribution in [3.05, 3.63) is 29.3 Å². The van der Waals surface area contributed by atoms with Crippen LogP contribution in [0.3, 0.4) is 0 Å². The summed E-state index contributed by atoms with van der Waals surface area (Å²) < 4.78 is 20.7. The van der Waals surface area contributed by atoms with Gasteiger partial charge in [0.25, 0.3) is 0 Å². The number of carbonyl (C=O) groups is 1. The Balaban J connectivity index is 1.66. The van der Waals surface area contributed by atoms with Crippen LogP contribution < -0.4 is 10.1 Å². The Bertz CT molecular complexity index is 926. The summed E-state index contributed by atoms with van der Waals surface area (Å²) >= 11 is 0. The van der Waals surface area contributed by atoms with Crippen LogP contribution in [0.25, 0.3) is 6.08 Å². The molecule has 1 aromatic rings. The second-order valence-corrected chi connectivity index (χ2v) is 8.81. The number of phenolic OH excluding ortho intramolecular Hbond substituents is 1. The largest absolute Gasteiger partial charge is 0.504 e. The fourth-order valence-corrected chi connectivity index (χ4v) is 4.21. The topological polar surface area (TPSA) is 208 Å². The molecule has 1 saturated heterocycles. The van der Waals surface area contributed by atoms with Gasteiger partial charge in [0, 0.05) is 19.8 Å². The molecule has 1 saturated carbocycles. The van der Waals surface area contributed by atoms with Crippen LogP contribution in [-0.4, -0.2) is 124 Å². The summed E-state index contributed by atoms with van der Waals surface area (Å²) in [7, 11) is 2.62. The highest BCUT2D eigenvalue weighted by Crippen LogP contribution is 2.32. The number of rotatable bonds is 8. The van der Waals surface area contributed by atoms with E-state index in [4.69, 9.17) is 18.9 Å². The molecule has 10 atom stereocenters. The highest BCUT2D eigenvalue weighted by atomic mass is 16.7. The first-order valence-corrected chi connectivity index (χ1v) is 11.2. The zero-order chi connectivity index (χ0) is 26.7. The van der Waals surface area contributed by atoms with Gasteiger partial charge in [-0.3, -0.25) is 4.79 Å². The third-order valence-corrected chi connectivity index (χ3v) is 6.30. The molecule has 13 heteroatoms. The molecule has 0 radical (unpaired) electrons. The van der Waals surface area contributed by atoms with Crippen molar-refractivity contribution in [2.45, 2.75) is 68.1 Å². The Morgan fingerprint density at radius 2 is 1.64 bits per heavy atom. The first-order valence-electron chi connectivity index (χ1n) is 11.2. The Morgan fingerprint density at radius 3 is 2.19 bits per heavy atom. The van der Waals surface area contributed by atoms with E-state index in [1.807, 2.05) is 0 Å². The molecule has 1 amide bonds. The first-order chi connectivity index (χ1) is 17.0. The number of aromatic hydroxyl groups is 1. The minimum atomic E-state index is -1.60. The van der Waals surface area contributed by atoms with Gasteiger partial charge < -0.3 is 60.0 Å². The van der Waals surface area contributed by atoms with Crippen LogP contribution in [-0.2, 0) is 19.0 Å². The van der Waals surface area contributed by atoms with Crippen LogP contribution in [0.5, 0.6) is 11.5 Å². The van der Waals surface area contributed by atoms with Gasteiger partial charge in [-0.15, -0.1) is 0 Å². The van der Waals surface area contributed by atoms with E-state index < -0.39 is 67.1 Å². The van der Waals surface area contributed by atoms with Crippen LogP contribution in [0.15, 0.2) is 23.8 Å². The van der Waals surface area contributed by atoms with Crippen LogP contribution >= 0.6 is 0 Å². The average Bonchev–Trinajstić information content (AvgIpc) is 3.10. The van der Waals surface area contributed by atoms with Gasteiger partial charge in [-0.1, -0.05) is 6.07 Å². The van der Waals surface area contributed by atoms with E-state index in [9.17, 15) is 40.5 Å². The molecular formula is C23H33NO12. The maximum atomic E-state index is 12.6. The number of nitrogens with one attached hydrogen (secondary N) is 1. The number of hydrogen-bond acceptors (Lipinski definition) is 12. The van der Waals surface area contributed by atoms with Crippen LogP contribution in [0, 0.1) is 0 Å². The SMILES string of the molecule is COC[C@H]1O[C@@H](Oc2ccc(/C=C(\C)C(=O)NC3[C@@H](O)[C@H](O)C(OC)[C@H](O)[C@H]3O)cc2O)[C@@H](O)[C@@H]1O. The van der Waals surface area contributed by atoms with Gasteiger partial charge >= 0.3 is 0 Å². The highest BCUT2D eigenvalue weighted by Gasteiger charge is 2.49. The third kappa shape index (κ3) is 5.80. The molecule has 1 aliphatic carbocycles. The van der Waals surface area contributed by atoms with Crippen molar-refractivity contribution in [3.63, 3.8) is 0 Å². The lowest BCUT2D eigenvalue weighted by molar-refractivity contribution is -0.199. The molecular weight excluding hydrogens is 482 g/mol. The van der Waals surface area contributed by atoms with Crippen molar-refractivity contribution >= 4 is 12.0 Å². The van der Waals surface area contributed by atoms with E-state index in [0.29, 0.717) is 5.56 Å². The predicted molar refractivity (Wildman–Crippen MR) is 122 cm³/mol. The van der Waals surface area contributed by atoms with Gasteiger partial charge in [0.15, 0.2) is 11.5 Å². The van der Waals surface area contributed by atoms with Gasteiger partial charge in [-0.05, 0) is 30.7 Å². The van der Waals surface area contributed by atoms with Crippen LogP contribution in [0.2, 0.25) is 0 Å². The smallest absolute Gasteiger partial charge is 0.247 e. The molecule has 8 N–H and O–H groups in total. The summed E-state index contributed by atoms with van der Waals surface area (Å²) in [6.45, 7) is 1.48. The Hall–Kier alpha value is -2.33. The monoisotopic (exact) mass is 515 g/mol. The second-order valence-electron chi connectivity index (χ2n) is 8.81. The minimum absolute atomic E-state index is 0.0345. The van der Waals surface area contributed by atoms with E-state index in [-0.39, 0.29) is 23.7 Å². The molecule has 1 aliphatic heterocycles. The maximum absolute atomic E-state index is 12.6. The molecule has 2 fully saturated rings. The fourth-order valence-electron chi connectivity index (χ4n) is 4.21. The number of aliphatic hydroxyl groups excluding tert-OH is 6. The molecule has 0 aromatic heterocycles. The lowest BCUT2D eigenvalue weighted by Crippen LogP contribution is -2.68. The number of methoxy groups -OCH3 is 2. The van der Waals surface area contributed by atoms with Crippen LogP contribution in [0.1, 0.15) is 12.5 Å². The average molecular weight is 516 g/mol. The summed E-state index contributed by atoms with van der Waals surface area (Å²) in [6, 6.07) is 2.82. The zero-order valence-electron chi connectivity index (χ0n) is 20.0. The summed E-state index contributed by atoms with van der Waals surface area (Å²) in [5, 5.41) is 73.6.